The van der Waals surface area contributed by atoms with E-state index >= 15 is 4.39 Å². The van der Waals surface area contributed by atoms with Crippen LogP contribution >= 0.6 is 0 Å². The van der Waals surface area contributed by atoms with Gasteiger partial charge in [0.25, 0.3) is 5.91 Å². The van der Waals surface area contributed by atoms with Gasteiger partial charge in [-0.25, -0.2) is 19.2 Å². The van der Waals surface area contributed by atoms with Gasteiger partial charge in [-0.15, -0.1) is 0 Å². The summed E-state index contributed by atoms with van der Waals surface area (Å²) >= 11 is 0. The first-order valence-corrected chi connectivity index (χ1v) is 10.9. The van der Waals surface area contributed by atoms with Crippen molar-refractivity contribution in [1.82, 2.24) is 15.3 Å². The Hall–Kier alpha value is -2.53. The van der Waals surface area contributed by atoms with Crippen molar-refractivity contribution in [3.05, 3.63) is 24.0 Å². The summed E-state index contributed by atoms with van der Waals surface area (Å²) in [5.74, 6) is -1.09. The van der Waals surface area contributed by atoms with Crippen LogP contribution in [0.15, 0.2) is 18.2 Å². The highest BCUT2D eigenvalue weighted by Crippen LogP contribution is 2.31. The van der Waals surface area contributed by atoms with Crippen molar-refractivity contribution in [2.24, 2.45) is 5.92 Å². The number of carbonyl (C=O) groups excluding carboxylic acids is 2. The van der Waals surface area contributed by atoms with Crippen molar-refractivity contribution in [2.75, 3.05) is 62.7 Å². The minimum absolute atomic E-state index is 0.0335. The zero-order valence-electron chi connectivity index (χ0n) is 18.0. The van der Waals surface area contributed by atoms with E-state index in [2.05, 4.69) is 17.1 Å². The Labute approximate surface area is 184 Å². The van der Waals surface area contributed by atoms with Gasteiger partial charge in [0, 0.05) is 39.8 Å². The average Bonchev–Trinajstić information content (AvgIpc) is 3.53. The molecule has 2 aliphatic heterocycles. The van der Waals surface area contributed by atoms with Crippen LogP contribution in [0.4, 0.5) is 29.3 Å². The Kier molecular flexibility index (Phi) is 6.75. The Balaban J connectivity index is 1.37. The molecule has 4 rings (SSSR count). The zero-order valence-corrected chi connectivity index (χ0v) is 18.0. The van der Waals surface area contributed by atoms with E-state index in [0.717, 1.165) is 25.6 Å². The van der Waals surface area contributed by atoms with Crippen LogP contribution in [0.1, 0.15) is 12.8 Å². The maximum atomic E-state index is 15.0. The van der Waals surface area contributed by atoms with Gasteiger partial charge in [0.15, 0.2) is 0 Å². The third-order valence-corrected chi connectivity index (χ3v) is 6.13. The van der Waals surface area contributed by atoms with Crippen LogP contribution in [0, 0.1) is 11.7 Å². The molecular formula is C21H28F3N5O3. The summed E-state index contributed by atoms with van der Waals surface area (Å²) in [7, 11) is 2.06. The van der Waals surface area contributed by atoms with E-state index in [1.54, 1.807) is 12.1 Å². The smallest absolute Gasteiger partial charge is 0.414 e. The summed E-state index contributed by atoms with van der Waals surface area (Å²) in [6.45, 7) is 3.84. The van der Waals surface area contributed by atoms with E-state index in [1.807, 2.05) is 10.2 Å². The number of benzene rings is 1. The molecule has 0 radical (unpaired) electrons. The number of likely N-dealkylation sites (N-methyl/N-ethyl adjacent to an activating group) is 1. The molecule has 0 aromatic heterocycles. The fourth-order valence-electron chi connectivity index (χ4n) is 4.05. The fraction of sp³-hybridized carbons (Fsp3) is 0.619. The van der Waals surface area contributed by atoms with Crippen LogP contribution in [0.25, 0.3) is 0 Å². The number of halogens is 3. The molecule has 32 heavy (non-hydrogen) atoms. The first kappa shape index (κ1) is 22.7. The maximum absolute atomic E-state index is 15.0. The molecular weight excluding hydrogens is 427 g/mol. The molecule has 176 valence electrons. The summed E-state index contributed by atoms with van der Waals surface area (Å²) in [5, 5.41) is 6.56. The van der Waals surface area contributed by atoms with Crippen molar-refractivity contribution < 1.29 is 27.5 Å². The summed E-state index contributed by atoms with van der Waals surface area (Å²) in [5.41, 5.74) is 0.796. The molecule has 0 spiro atoms. The summed E-state index contributed by atoms with van der Waals surface area (Å²) in [6, 6.07) is 4.59. The van der Waals surface area contributed by atoms with Gasteiger partial charge in [-0.2, -0.15) is 8.78 Å². The lowest BCUT2D eigenvalue weighted by Crippen LogP contribution is -2.41. The number of hydrogen-bond acceptors (Lipinski definition) is 6. The standard InChI is InChI=1S/C21H28F3N5O3/c1-26-6-7-27(8-9-28(26)12-14-2-3-14)18-5-4-15(10-17(18)22)29-13-16(32-21(29)31)11-25-20(30)19(23)24/h4-5,10,14,16,19H,2-3,6-9,11-13H2,1H3,(H,25,30). The Bertz CT molecular complexity index is 854. The van der Waals surface area contributed by atoms with Crippen LogP contribution in [-0.4, -0.2) is 87.4 Å². The van der Waals surface area contributed by atoms with Crippen LogP contribution in [0.3, 0.4) is 0 Å². The van der Waals surface area contributed by atoms with Crippen molar-refractivity contribution in [1.29, 1.82) is 0 Å². The van der Waals surface area contributed by atoms with Crippen LogP contribution in [-0.2, 0) is 9.53 Å². The van der Waals surface area contributed by atoms with Crippen LogP contribution < -0.4 is 15.1 Å². The number of amides is 2. The second kappa shape index (κ2) is 9.53. The molecule has 1 atom stereocenters. The third-order valence-electron chi connectivity index (χ3n) is 6.13. The molecule has 1 aromatic rings. The monoisotopic (exact) mass is 455 g/mol. The molecule has 8 nitrogen and oxygen atoms in total. The number of hydrazine groups is 1. The average molecular weight is 455 g/mol. The molecule has 11 heteroatoms. The predicted octanol–water partition coefficient (Wildman–Crippen LogP) is 1.91. The van der Waals surface area contributed by atoms with Gasteiger partial charge >= 0.3 is 12.5 Å². The van der Waals surface area contributed by atoms with Gasteiger partial charge < -0.3 is 15.0 Å². The fourth-order valence-corrected chi connectivity index (χ4v) is 4.05. The largest absolute Gasteiger partial charge is 0.442 e. The van der Waals surface area contributed by atoms with Gasteiger partial charge in [-0.3, -0.25) is 9.69 Å². The Morgan fingerprint density at radius 3 is 2.66 bits per heavy atom. The second-order valence-corrected chi connectivity index (χ2v) is 8.52. The number of nitrogens with zero attached hydrogens (tertiary/aromatic N) is 4. The number of rotatable bonds is 7. The van der Waals surface area contributed by atoms with Crippen LogP contribution in [0.2, 0.25) is 0 Å². The van der Waals surface area contributed by atoms with Crippen molar-refractivity contribution in [2.45, 2.75) is 25.4 Å². The highest BCUT2D eigenvalue weighted by atomic mass is 19.3. The molecule has 2 heterocycles. The molecule has 1 unspecified atom stereocenters. The minimum Gasteiger partial charge on any atom is -0.442 e. The number of ether oxygens (including phenoxy) is 1. The van der Waals surface area contributed by atoms with Gasteiger partial charge in [0.05, 0.1) is 24.5 Å². The Morgan fingerprint density at radius 1 is 1.22 bits per heavy atom. The number of anilines is 2. The lowest BCUT2D eigenvalue weighted by atomic mass is 10.2. The van der Waals surface area contributed by atoms with E-state index in [4.69, 9.17) is 4.74 Å². The Morgan fingerprint density at radius 2 is 1.97 bits per heavy atom. The number of cyclic esters (lactones) is 1. The normalized spacial score (nSPS) is 22.9. The number of alkyl halides is 2. The van der Waals surface area contributed by atoms with E-state index in [0.29, 0.717) is 24.5 Å². The molecule has 2 saturated heterocycles. The third kappa shape index (κ3) is 5.26. The number of hydrogen-bond donors (Lipinski definition) is 1. The van der Waals surface area contributed by atoms with Gasteiger partial charge in [0.2, 0.25) is 0 Å². The molecule has 1 N–H and O–H groups in total. The molecule has 3 aliphatic rings. The zero-order chi connectivity index (χ0) is 22.8. The van der Waals surface area contributed by atoms with Crippen molar-refractivity contribution in [3.63, 3.8) is 0 Å². The maximum Gasteiger partial charge on any atom is 0.414 e. The van der Waals surface area contributed by atoms with Gasteiger partial charge in [-0.1, -0.05) is 0 Å². The van der Waals surface area contributed by atoms with E-state index in [1.165, 1.54) is 23.8 Å². The quantitative estimate of drug-likeness (QED) is 0.678. The molecule has 1 saturated carbocycles. The SMILES string of the molecule is CN1CCN(c2ccc(N3CC(CNC(=O)C(F)F)OC3=O)cc2F)CCN1CC1CC1. The summed E-state index contributed by atoms with van der Waals surface area (Å²) < 4.78 is 44.7. The molecule has 1 aromatic carbocycles. The predicted molar refractivity (Wildman–Crippen MR) is 112 cm³/mol. The highest BCUT2D eigenvalue weighted by Gasteiger charge is 2.34. The molecule has 0 bridgehead atoms. The first-order valence-electron chi connectivity index (χ1n) is 10.9. The second-order valence-electron chi connectivity index (χ2n) is 8.52. The summed E-state index contributed by atoms with van der Waals surface area (Å²) in [6.07, 6.45) is -2.07. The highest BCUT2D eigenvalue weighted by molar-refractivity contribution is 5.90. The van der Waals surface area contributed by atoms with E-state index in [9.17, 15) is 18.4 Å². The van der Waals surface area contributed by atoms with E-state index in [-0.39, 0.29) is 13.1 Å². The minimum atomic E-state index is -3.13. The topological polar surface area (TPSA) is 68.4 Å². The lowest BCUT2D eigenvalue weighted by Gasteiger charge is -2.29. The van der Waals surface area contributed by atoms with Gasteiger partial charge in [0.1, 0.15) is 11.9 Å². The first-order chi connectivity index (χ1) is 15.3. The van der Waals surface area contributed by atoms with Crippen molar-refractivity contribution in [3.8, 4) is 0 Å². The van der Waals surface area contributed by atoms with Crippen molar-refractivity contribution >= 4 is 23.4 Å². The lowest BCUT2D eigenvalue weighted by molar-refractivity contribution is -0.132. The van der Waals surface area contributed by atoms with Gasteiger partial charge in [-0.05, 0) is 37.0 Å². The van der Waals surface area contributed by atoms with Crippen LogP contribution in [0.5, 0.6) is 0 Å². The molecule has 1 aliphatic carbocycles. The number of nitrogens with one attached hydrogen (secondary N) is 1. The van der Waals surface area contributed by atoms with E-state index < -0.39 is 30.3 Å². The molecule has 3 fully saturated rings. The molecule has 2 amide bonds. The summed E-state index contributed by atoms with van der Waals surface area (Å²) in [4.78, 5) is 26.4. The number of carbonyl (C=O) groups is 2.